The maximum atomic E-state index is 13.6. The highest BCUT2D eigenvalue weighted by Crippen LogP contribution is 2.25. The van der Waals surface area contributed by atoms with Crippen LogP contribution in [0, 0.1) is 17.6 Å². The molecule has 0 spiro atoms. The largest absolute Gasteiger partial charge is 0.385 e. The van der Waals surface area contributed by atoms with Crippen LogP contribution in [0.3, 0.4) is 0 Å². The van der Waals surface area contributed by atoms with Gasteiger partial charge >= 0.3 is 0 Å². The Hall–Kier alpha value is -1.32. The van der Waals surface area contributed by atoms with Crippen LogP contribution in [-0.4, -0.2) is 20.6 Å². The molecule has 90 valence electrons. The quantitative estimate of drug-likeness (QED) is 0.851. The predicted molar refractivity (Wildman–Crippen MR) is 64.0 cm³/mol. The van der Waals surface area contributed by atoms with Crippen molar-refractivity contribution in [2.45, 2.75) is 13.8 Å². The minimum Gasteiger partial charge on any atom is -0.385 e. The minimum absolute atomic E-state index is 0.00454. The smallest absolute Gasteiger partial charge is 0.151 e. The molecule has 0 aliphatic rings. The first-order valence-corrected chi connectivity index (χ1v) is 5.32. The van der Waals surface area contributed by atoms with E-state index in [1.165, 1.54) is 17.0 Å². The average molecular weight is 228 g/mol. The van der Waals surface area contributed by atoms with Gasteiger partial charge in [0.05, 0.1) is 0 Å². The third kappa shape index (κ3) is 3.08. The van der Waals surface area contributed by atoms with Gasteiger partial charge in [-0.3, -0.25) is 0 Å². The molecule has 2 nitrogen and oxygen atoms in total. The summed E-state index contributed by atoms with van der Waals surface area (Å²) in [5, 5.41) is 2.99. The molecule has 0 atom stereocenters. The Balaban J connectivity index is 2.92. The van der Waals surface area contributed by atoms with Gasteiger partial charge in [0.2, 0.25) is 0 Å². The van der Waals surface area contributed by atoms with Crippen LogP contribution in [-0.2, 0) is 0 Å². The number of rotatable bonds is 4. The molecular formula is C12H18F2N2. The Kier molecular flexibility index (Phi) is 4.10. The van der Waals surface area contributed by atoms with E-state index in [1.54, 1.807) is 14.1 Å². The number of anilines is 2. The van der Waals surface area contributed by atoms with E-state index in [0.717, 1.165) is 0 Å². The molecule has 1 N–H and O–H groups in total. The second kappa shape index (κ2) is 5.14. The summed E-state index contributed by atoms with van der Waals surface area (Å²) in [4.78, 5) is 1.43. The highest BCUT2D eigenvalue weighted by atomic mass is 19.1. The molecule has 0 fully saturated rings. The first-order valence-electron chi connectivity index (χ1n) is 5.32. The van der Waals surface area contributed by atoms with Gasteiger partial charge in [0, 0.05) is 26.3 Å². The van der Waals surface area contributed by atoms with E-state index < -0.39 is 11.6 Å². The second-order valence-corrected chi connectivity index (χ2v) is 4.46. The van der Waals surface area contributed by atoms with Crippen molar-refractivity contribution in [3.05, 3.63) is 23.8 Å². The van der Waals surface area contributed by atoms with E-state index in [2.05, 4.69) is 5.32 Å². The van der Waals surface area contributed by atoms with Gasteiger partial charge in [-0.25, -0.2) is 8.78 Å². The SMILES string of the molecule is CC(C)CNc1cc(F)c(N(C)C)c(F)c1. The number of halogens is 2. The van der Waals surface area contributed by atoms with Crippen LogP contribution in [0.15, 0.2) is 12.1 Å². The fraction of sp³-hybridized carbons (Fsp3) is 0.500. The molecule has 0 saturated heterocycles. The fourth-order valence-electron chi connectivity index (χ4n) is 1.42. The summed E-state index contributed by atoms with van der Waals surface area (Å²) in [5.41, 5.74) is 0.476. The first kappa shape index (κ1) is 12.7. The molecular weight excluding hydrogens is 210 g/mol. The van der Waals surface area contributed by atoms with E-state index >= 15 is 0 Å². The van der Waals surface area contributed by atoms with Crippen LogP contribution in [0.1, 0.15) is 13.8 Å². The Morgan fingerprint density at radius 2 is 1.69 bits per heavy atom. The molecule has 16 heavy (non-hydrogen) atoms. The molecule has 0 saturated carbocycles. The summed E-state index contributed by atoms with van der Waals surface area (Å²) in [7, 11) is 3.23. The van der Waals surface area contributed by atoms with Crippen molar-refractivity contribution in [3.8, 4) is 0 Å². The van der Waals surface area contributed by atoms with Gasteiger partial charge in [0.15, 0.2) is 11.6 Å². The molecule has 0 bridgehead atoms. The molecule has 0 radical (unpaired) electrons. The fourth-order valence-corrected chi connectivity index (χ4v) is 1.42. The highest BCUT2D eigenvalue weighted by Gasteiger charge is 2.12. The number of hydrogen-bond acceptors (Lipinski definition) is 2. The molecule has 0 aliphatic carbocycles. The lowest BCUT2D eigenvalue weighted by molar-refractivity contribution is 0.582. The maximum absolute atomic E-state index is 13.6. The molecule has 1 rings (SSSR count). The predicted octanol–water partition coefficient (Wildman–Crippen LogP) is 3.10. The van der Waals surface area contributed by atoms with Gasteiger partial charge < -0.3 is 10.2 Å². The average Bonchev–Trinajstić information content (AvgIpc) is 2.12. The summed E-state index contributed by atoms with van der Waals surface area (Å²) in [5.74, 6) is -0.660. The van der Waals surface area contributed by atoms with Crippen LogP contribution < -0.4 is 10.2 Å². The Morgan fingerprint density at radius 1 is 1.19 bits per heavy atom. The van der Waals surface area contributed by atoms with Gasteiger partial charge in [-0.05, 0) is 18.1 Å². The Labute approximate surface area is 95.3 Å². The lowest BCUT2D eigenvalue weighted by Gasteiger charge is -2.16. The molecule has 0 unspecified atom stereocenters. The van der Waals surface area contributed by atoms with Gasteiger partial charge in [0.1, 0.15) is 5.69 Å². The topological polar surface area (TPSA) is 15.3 Å². The van der Waals surface area contributed by atoms with E-state index in [0.29, 0.717) is 18.2 Å². The number of hydrogen-bond donors (Lipinski definition) is 1. The third-order valence-electron chi connectivity index (χ3n) is 2.18. The van der Waals surface area contributed by atoms with Crippen molar-refractivity contribution in [1.82, 2.24) is 0 Å². The van der Waals surface area contributed by atoms with Crippen molar-refractivity contribution in [2.24, 2.45) is 5.92 Å². The molecule has 0 aromatic heterocycles. The standard InChI is InChI=1S/C12H18F2N2/c1-8(2)7-15-9-5-10(13)12(16(3)4)11(14)6-9/h5-6,8,15H,7H2,1-4H3. The lowest BCUT2D eigenvalue weighted by atomic mass is 10.2. The number of nitrogens with one attached hydrogen (secondary N) is 1. The third-order valence-corrected chi connectivity index (χ3v) is 2.18. The van der Waals surface area contributed by atoms with E-state index in [1.807, 2.05) is 13.8 Å². The van der Waals surface area contributed by atoms with E-state index in [4.69, 9.17) is 0 Å². The first-order chi connectivity index (χ1) is 7.41. The van der Waals surface area contributed by atoms with Gasteiger partial charge in [-0.15, -0.1) is 0 Å². The van der Waals surface area contributed by atoms with Gasteiger partial charge in [-0.1, -0.05) is 13.8 Å². The summed E-state index contributed by atoms with van der Waals surface area (Å²) < 4.78 is 27.1. The molecule has 0 aliphatic heterocycles. The zero-order valence-electron chi connectivity index (χ0n) is 10.1. The van der Waals surface area contributed by atoms with Gasteiger partial charge in [-0.2, -0.15) is 0 Å². The zero-order valence-corrected chi connectivity index (χ0v) is 10.1. The van der Waals surface area contributed by atoms with Crippen molar-refractivity contribution >= 4 is 11.4 Å². The highest BCUT2D eigenvalue weighted by molar-refractivity contribution is 5.56. The van der Waals surface area contributed by atoms with Crippen LogP contribution in [0.4, 0.5) is 20.2 Å². The van der Waals surface area contributed by atoms with Crippen molar-refractivity contribution in [1.29, 1.82) is 0 Å². The van der Waals surface area contributed by atoms with Crippen LogP contribution in [0.25, 0.3) is 0 Å². The van der Waals surface area contributed by atoms with Crippen LogP contribution >= 0.6 is 0 Å². The van der Waals surface area contributed by atoms with E-state index in [-0.39, 0.29) is 5.69 Å². The van der Waals surface area contributed by atoms with Crippen LogP contribution in [0.2, 0.25) is 0 Å². The van der Waals surface area contributed by atoms with Crippen molar-refractivity contribution < 1.29 is 8.78 Å². The van der Waals surface area contributed by atoms with E-state index in [9.17, 15) is 8.78 Å². The Morgan fingerprint density at radius 3 is 2.06 bits per heavy atom. The molecule has 1 aromatic carbocycles. The lowest BCUT2D eigenvalue weighted by Crippen LogP contribution is -2.14. The maximum Gasteiger partial charge on any atom is 0.151 e. The van der Waals surface area contributed by atoms with Crippen molar-refractivity contribution in [3.63, 3.8) is 0 Å². The van der Waals surface area contributed by atoms with Gasteiger partial charge in [0.25, 0.3) is 0 Å². The number of benzene rings is 1. The van der Waals surface area contributed by atoms with Crippen LogP contribution in [0.5, 0.6) is 0 Å². The molecule has 0 heterocycles. The zero-order chi connectivity index (χ0) is 12.3. The molecule has 0 amide bonds. The second-order valence-electron chi connectivity index (χ2n) is 4.46. The monoisotopic (exact) mass is 228 g/mol. The van der Waals surface area contributed by atoms with Crippen molar-refractivity contribution in [2.75, 3.05) is 30.9 Å². The summed E-state index contributed by atoms with van der Waals surface area (Å²) in [6.07, 6.45) is 0. The molecule has 1 aromatic rings. The Bertz CT molecular complexity index is 339. The summed E-state index contributed by atoms with van der Waals surface area (Å²) in [6, 6.07) is 2.64. The summed E-state index contributed by atoms with van der Waals surface area (Å²) in [6.45, 7) is 4.77. The molecule has 4 heteroatoms. The minimum atomic E-state index is -0.545. The number of nitrogens with zero attached hydrogens (tertiary/aromatic N) is 1. The normalized spacial score (nSPS) is 10.7. The summed E-state index contributed by atoms with van der Waals surface area (Å²) >= 11 is 0.